The van der Waals surface area contributed by atoms with Crippen LogP contribution in [0.4, 0.5) is 5.82 Å². The first-order chi connectivity index (χ1) is 14.4. The minimum Gasteiger partial charge on any atom is -0.390 e. The number of likely N-dealkylation sites (tertiary alicyclic amines) is 1. The Hall–Kier alpha value is -2.93. The average molecular weight is 406 g/mol. The highest BCUT2D eigenvalue weighted by molar-refractivity contribution is 5.95. The number of imidazole rings is 1. The molecule has 0 spiro atoms. The van der Waals surface area contributed by atoms with Crippen molar-refractivity contribution in [2.45, 2.75) is 50.5 Å². The molecule has 1 saturated carbocycles. The van der Waals surface area contributed by atoms with Crippen LogP contribution in [0.2, 0.25) is 0 Å². The van der Waals surface area contributed by atoms with E-state index in [1.165, 1.54) is 6.42 Å². The molecule has 0 unspecified atom stereocenters. The van der Waals surface area contributed by atoms with Gasteiger partial charge in [0.25, 0.3) is 5.91 Å². The van der Waals surface area contributed by atoms with Crippen LogP contribution < -0.4 is 5.73 Å². The van der Waals surface area contributed by atoms with E-state index in [1.807, 2.05) is 46.7 Å². The molecule has 0 atom stereocenters. The number of nitrogens with zero attached hydrogens (tertiary/aromatic N) is 4. The van der Waals surface area contributed by atoms with Crippen LogP contribution in [0.25, 0.3) is 16.8 Å². The Morgan fingerprint density at radius 1 is 1.17 bits per heavy atom. The molecule has 2 aromatic heterocycles. The SMILES string of the molecule is CC1(O)CC(c2nc(-c3ccc(C(=O)N4CCCCC4)cc3)c3c(N)nccn23)C1. The highest BCUT2D eigenvalue weighted by Gasteiger charge is 2.41. The molecule has 3 N–H and O–H groups in total. The quantitative estimate of drug-likeness (QED) is 0.697. The normalized spacial score (nSPS) is 24.1. The second-order valence-corrected chi connectivity index (χ2v) is 8.88. The third-order valence-corrected chi connectivity index (χ3v) is 6.40. The molecule has 2 fully saturated rings. The van der Waals surface area contributed by atoms with Gasteiger partial charge in [-0.25, -0.2) is 9.97 Å². The lowest BCUT2D eigenvalue weighted by molar-refractivity contribution is -0.0335. The third-order valence-electron chi connectivity index (χ3n) is 6.40. The van der Waals surface area contributed by atoms with Gasteiger partial charge in [-0.1, -0.05) is 12.1 Å². The van der Waals surface area contributed by atoms with Crippen LogP contribution in [-0.2, 0) is 0 Å². The standard InChI is InChI=1S/C23H27N5O2/c1-23(30)13-17(14-23)21-26-18(19-20(24)25-9-12-28(19)21)15-5-7-16(8-6-15)22(29)27-10-3-2-4-11-27/h5-9,12,17,30H,2-4,10-11,13-14H2,1H3,(H2,24,25). The molecule has 30 heavy (non-hydrogen) atoms. The van der Waals surface area contributed by atoms with E-state index in [2.05, 4.69) is 4.98 Å². The van der Waals surface area contributed by atoms with Gasteiger partial charge in [0.05, 0.1) is 5.60 Å². The summed E-state index contributed by atoms with van der Waals surface area (Å²) in [6.45, 7) is 3.53. The number of hydrogen-bond acceptors (Lipinski definition) is 5. The van der Waals surface area contributed by atoms with Gasteiger partial charge < -0.3 is 15.7 Å². The summed E-state index contributed by atoms with van der Waals surface area (Å²) < 4.78 is 1.99. The Bertz CT molecular complexity index is 1090. The molecule has 1 aliphatic carbocycles. The van der Waals surface area contributed by atoms with Crippen LogP contribution in [0.5, 0.6) is 0 Å². The van der Waals surface area contributed by atoms with Crippen LogP contribution in [0.1, 0.15) is 61.1 Å². The zero-order valence-electron chi connectivity index (χ0n) is 17.2. The zero-order chi connectivity index (χ0) is 20.9. The first-order valence-electron chi connectivity index (χ1n) is 10.7. The van der Waals surface area contributed by atoms with Gasteiger partial charge >= 0.3 is 0 Å². The van der Waals surface area contributed by atoms with Crippen LogP contribution in [0, 0.1) is 0 Å². The summed E-state index contributed by atoms with van der Waals surface area (Å²) in [6, 6.07) is 7.62. The Balaban J connectivity index is 1.49. The molecule has 1 aromatic carbocycles. The fourth-order valence-corrected chi connectivity index (χ4v) is 4.81. The minimum atomic E-state index is -0.633. The topological polar surface area (TPSA) is 96.8 Å². The van der Waals surface area contributed by atoms with E-state index >= 15 is 0 Å². The predicted octanol–water partition coefficient (Wildman–Crippen LogP) is 3.23. The molecule has 1 saturated heterocycles. The van der Waals surface area contributed by atoms with Crippen LogP contribution in [0.3, 0.4) is 0 Å². The van der Waals surface area contributed by atoms with E-state index in [-0.39, 0.29) is 11.8 Å². The number of hydrogen-bond donors (Lipinski definition) is 2. The number of fused-ring (bicyclic) bond motifs is 1. The Morgan fingerprint density at radius 3 is 2.53 bits per heavy atom. The molecular weight excluding hydrogens is 378 g/mol. The molecule has 3 heterocycles. The molecule has 0 radical (unpaired) electrons. The first kappa shape index (κ1) is 19.1. The number of nitrogens with two attached hydrogens (primary N) is 1. The number of carbonyl (C=O) groups is 1. The van der Waals surface area contributed by atoms with Crippen LogP contribution in [-0.4, -0.2) is 49.0 Å². The predicted molar refractivity (Wildman–Crippen MR) is 115 cm³/mol. The van der Waals surface area contributed by atoms with E-state index < -0.39 is 5.60 Å². The number of rotatable bonds is 3. The summed E-state index contributed by atoms with van der Waals surface area (Å²) in [5.74, 6) is 1.59. The van der Waals surface area contributed by atoms with Gasteiger partial charge in [0.1, 0.15) is 22.9 Å². The molecule has 7 nitrogen and oxygen atoms in total. The molecule has 0 bridgehead atoms. The van der Waals surface area contributed by atoms with E-state index in [0.29, 0.717) is 24.2 Å². The van der Waals surface area contributed by atoms with E-state index in [1.54, 1.807) is 6.20 Å². The number of aromatic nitrogens is 3. The van der Waals surface area contributed by atoms with Gasteiger partial charge in [-0.3, -0.25) is 9.20 Å². The Labute approximate surface area is 175 Å². The van der Waals surface area contributed by atoms with Gasteiger partial charge in [0.2, 0.25) is 0 Å². The molecular formula is C23H27N5O2. The van der Waals surface area contributed by atoms with Crippen molar-refractivity contribution in [2.24, 2.45) is 0 Å². The van der Waals surface area contributed by atoms with Crippen LogP contribution >= 0.6 is 0 Å². The molecule has 7 heteroatoms. The Kier molecular flexibility index (Phi) is 4.50. The second kappa shape index (κ2) is 7.09. The van der Waals surface area contributed by atoms with Crippen molar-refractivity contribution in [2.75, 3.05) is 18.8 Å². The van der Waals surface area contributed by atoms with Gasteiger partial charge in [0.15, 0.2) is 0 Å². The first-order valence-corrected chi connectivity index (χ1v) is 10.7. The number of benzene rings is 1. The molecule has 5 rings (SSSR count). The van der Waals surface area contributed by atoms with E-state index in [0.717, 1.165) is 48.5 Å². The lowest BCUT2D eigenvalue weighted by atomic mass is 9.72. The number of carbonyl (C=O) groups excluding carboxylic acids is 1. The van der Waals surface area contributed by atoms with Crippen molar-refractivity contribution in [1.82, 2.24) is 19.3 Å². The maximum Gasteiger partial charge on any atom is 0.253 e. The molecule has 3 aromatic rings. The number of nitrogen functional groups attached to an aromatic ring is 1. The van der Waals surface area contributed by atoms with Gasteiger partial charge in [0, 0.05) is 42.5 Å². The summed E-state index contributed by atoms with van der Waals surface area (Å²) in [4.78, 5) is 23.9. The number of piperidine rings is 1. The maximum atomic E-state index is 12.8. The van der Waals surface area contributed by atoms with Gasteiger partial charge in [-0.05, 0) is 51.2 Å². The van der Waals surface area contributed by atoms with Crippen molar-refractivity contribution in [1.29, 1.82) is 0 Å². The number of aliphatic hydroxyl groups is 1. The summed E-state index contributed by atoms with van der Waals surface area (Å²) >= 11 is 0. The molecule has 2 aliphatic rings. The van der Waals surface area contributed by atoms with Gasteiger partial charge in [-0.15, -0.1) is 0 Å². The lowest BCUT2D eigenvalue weighted by Gasteiger charge is -2.40. The van der Waals surface area contributed by atoms with Crippen molar-refractivity contribution < 1.29 is 9.90 Å². The van der Waals surface area contributed by atoms with E-state index in [9.17, 15) is 9.90 Å². The summed E-state index contributed by atoms with van der Waals surface area (Å²) in [5, 5.41) is 10.2. The van der Waals surface area contributed by atoms with Crippen molar-refractivity contribution in [3.8, 4) is 11.3 Å². The van der Waals surface area contributed by atoms with Crippen molar-refractivity contribution >= 4 is 17.2 Å². The maximum absolute atomic E-state index is 12.8. The fraction of sp³-hybridized carbons (Fsp3) is 0.435. The lowest BCUT2D eigenvalue weighted by Crippen LogP contribution is -2.40. The highest BCUT2D eigenvalue weighted by atomic mass is 16.3. The monoisotopic (exact) mass is 405 g/mol. The largest absolute Gasteiger partial charge is 0.390 e. The van der Waals surface area contributed by atoms with Gasteiger partial charge in [-0.2, -0.15) is 0 Å². The van der Waals surface area contributed by atoms with Crippen molar-refractivity contribution in [3.05, 3.63) is 48.0 Å². The van der Waals surface area contributed by atoms with Crippen LogP contribution in [0.15, 0.2) is 36.7 Å². The highest BCUT2D eigenvalue weighted by Crippen LogP contribution is 2.45. The molecule has 1 aliphatic heterocycles. The molecule has 1 amide bonds. The minimum absolute atomic E-state index is 0.0921. The average Bonchev–Trinajstić information content (AvgIpc) is 3.13. The summed E-state index contributed by atoms with van der Waals surface area (Å²) in [7, 11) is 0. The van der Waals surface area contributed by atoms with E-state index in [4.69, 9.17) is 10.7 Å². The molecule has 156 valence electrons. The number of amides is 1. The Morgan fingerprint density at radius 2 is 1.87 bits per heavy atom. The van der Waals surface area contributed by atoms with Crippen molar-refractivity contribution in [3.63, 3.8) is 0 Å². The number of anilines is 1. The second-order valence-electron chi connectivity index (χ2n) is 8.88. The summed E-state index contributed by atoms with van der Waals surface area (Å²) in [6.07, 6.45) is 8.26. The third kappa shape index (κ3) is 3.23. The fourth-order valence-electron chi connectivity index (χ4n) is 4.81. The summed E-state index contributed by atoms with van der Waals surface area (Å²) in [5.41, 5.74) is 8.72. The smallest absolute Gasteiger partial charge is 0.253 e. The zero-order valence-corrected chi connectivity index (χ0v) is 17.2.